The number of epoxide rings is 3. The lowest BCUT2D eigenvalue weighted by Crippen LogP contribution is -2.32. The van der Waals surface area contributed by atoms with Gasteiger partial charge in [-0.2, -0.15) is 12.6 Å². The second-order valence-corrected chi connectivity index (χ2v) is 7.45. The van der Waals surface area contributed by atoms with Gasteiger partial charge in [-0.1, -0.05) is 0 Å². The van der Waals surface area contributed by atoms with Crippen molar-refractivity contribution >= 4 is 12.6 Å². The van der Waals surface area contributed by atoms with Gasteiger partial charge in [-0.15, -0.1) is 0 Å². The largest absolute Gasteiger partial charge is 0.379 e. The standard InChI is InChI=1S/C17H30O6S/c24-6-3-17(13-20-9-16-12-23-16,1-4-18-7-14-10-21-14)2-5-19-8-15-11-22-15/h14-16,24H,1-13H2. The van der Waals surface area contributed by atoms with E-state index in [2.05, 4.69) is 12.6 Å². The van der Waals surface area contributed by atoms with E-state index in [4.69, 9.17) is 28.4 Å². The van der Waals surface area contributed by atoms with Crippen LogP contribution in [-0.4, -0.2) is 83.5 Å². The van der Waals surface area contributed by atoms with E-state index in [1.165, 1.54) is 0 Å². The molecule has 6 nitrogen and oxygen atoms in total. The number of thiol groups is 1. The number of hydrogen-bond acceptors (Lipinski definition) is 7. The van der Waals surface area contributed by atoms with Gasteiger partial charge in [0.1, 0.15) is 18.3 Å². The SMILES string of the molecule is SCCC(CCOCC1CO1)(CCOCC1CO1)COCC1CO1. The van der Waals surface area contributed by atoms with Crippen molar-refractivity contribution in [1.82, 2.24) is 0 Å². The van der Waals surface area contributed by atoms with Crippen molar-refractivity contribution in [2.24, 2.45) is 5.41 Å². The van der Waals surface area contributed by atoms with E-state index in [1.54, 1.807) is 0 Å². The van der Waals surface area contributed by atoms with Crippen LogP contribution in [0, 0.1) is 5.41 Å². The van der Waals surface area contributed by atoms with Gasteiger partial charge in [-0.05, 0) is 30.4 Å². The molecule has 0 aromatic rings. The Morgan fingerprint density at radius 1 is 0.750 bits per heavy atom. The third kappa shape index (κ3) is 7.56. The van der Waals surface area contributed by atoms with E-state index < -0.39 is 0 Å². The summed E-state index contributed by atoms with van der Waals surface area (Å²) in [7, 11) is 0. The molecule has 7 heteroatoms. The predicted octanol–water partition coefficient (Wildman–Crippen LogP) is 1.32. The van der Waals surface area contributed by atoms with Crippen molar-refractivity contribution < 1.29 is 28.4 Å². The number of ether oxygens (including phenoxy) is 6. The minimum absolute atomic E-state index is 0.0471. The van der Waals surface area contributed by atoms with Crippen LogP contribution in [0.3, 0.4) is 0 Å². The maximum Gasteiger partial charge on any atom is 0.104 e. The normalized spacial score (nSPS) is 30.1. The highest BCUT2D eigenvalue weighted by atomic mass is 32.1. The van der Waals surface area contributed by atoms with E-state index in [0.717, 1.165) is 58.0 Å². The Hall–Kier alpha value is 0.110. The highest BCUT2D eigenvalue weighted by Gasteiger charge is 2.32. The van der Waals surface area contributed by atoms with E-state index >= 15 is 0 Å². The monoisotopic (exact) mass is 362 g/mol. The first kappa shape index (κ1) is 18.9. The topological polar surface area (TPSA) is 65.3 Å². The van der Waals surface area contributed by atoms with Gasteiger partial charge in [-0.3, -0.25) is 0 Å². The molecule has 24 heavy (non-hydrogen) atoms. The maximum atomic E-state index is 5.94. The van der Waals surface area contributed by atoms with Gasteiger partial charge < -0.3 is 28.4 Å². The van der Waals surface area contributed by atoms with Crippen molar-refractivity contribution in [2.45, 2.75) is 37.6 Å². The van der Waals surface area contributed by atoms with Crippen LogP contribution in [-0.2, 0) is 28.4 Å². The van der Waals surface area contributed by atoms with Crippen LogP contribution in [0.25, 0.3) is 0 Å². The van der Waals surface area contributed by atoms with Gasteiger partial charge >= 0.3 is 0 Å². The van der Waals surface area contributed by atoms with Crippen LogP contribution in [0.2, 0.25) is 0 Å². The highest BCUT2D eigenvalue weighted by Crippen LogP contribution is 2.33. The molecule has 3 aliphatic heterocycles. The molecule has 0 aromatic heterocycles. The molecule has 0 amide bonds. The quantitative estimate of drug-likeness (QED) is 0.254. The minimum Gasteiger partial charge on any atom is -0.379 e. The summed E-state index contributed by atoms with van der Waals surface area (Å²) >= 11 is 4.46. The third-order valence-corrected chi connectivity index (χ3v) is 4.95. The number of hydrogen-bond donors (Lipinski definition) is 1. The molecule has 3 unspecified atom stereocenters. The van der Waals surface area contributed by atoms with E-state index in [0.29, 0.717) is 44.7 Å². The Kier molecular flexibility index (Phi) is 7.64. The fraction of sp³-hybridized carbons (Fsp3) is 1.00. The molecule has 3 fully saturated rings. The van der Waals surface area contributed by atoms with Crippen LogP contribution in [0.5, 0.6) is 0 Å². The van der Waals surface area contributed by atoms with Crippen LogP contribution in [0.1, 0.15) is 19.3 Å². The lowest BCUT2D eigenvalue weighted by molar-refractivity contribution is -0.0149. The van der Waals surface area contributed by atoms with E-state index in [9.17, 15) is 0 Å². The summed E-state index contributed by atoms with van der Waals surface area (Å²) in [5.41, 5.74) is 0.0471. The van der Waals surface area contributed by atoms with E-state index in [-0.39, 0.29) is 5.41 Å². The molecule has 0 aromatic carbocycles. The Morgan fingerprint density at radius 3 is 1.62 bits per heavy atom. The molecule has 3 aliphatic rings. The Bertz CT molecular complexity index is 337. The second-order valence-electron chi connectivity index (χ2n) is 7.00. The predicted molar refractivity (Wildman–Crippen MR) is 91.8 cm³/mol. The summed E-state index contributed by atoms with van der Waals surface area (Å²) in [5.74, 6) is 0.834. The summed E-state index contributed by atoms with van der Waals surface area (Å²) in [4.78, 5) is 0. The molecule has 0 aliphatic carbocycles. The van der Waals surface area contributed by atoms with Crippen LogP contribution in [0.15, 0.2) is 0 Å². The summed E-state index contributed by atoms with van der Waals surface area (Å²) in [6.07, 6.45) is 3.83. The lowest BCUT2D eigenvalue weighted by Gasteiger charge is -2.33. The van der Waals surface area contributed by atoms with Gasteiger partial charge in [0.2, 0.25) is 0 Å². The molecular weight excluding hydrogens is 332 g/mol. The summed E-state index contributed by atoms with van der Waals surface area (Å²) in [6.45, 7) is 6.74. The van der Waals surface area contributed by atoms with Crippen LogP contribution < -0.4 is 0 Å². The fourth-order valence-electron chi connectivity index (χ4n) is 2.74. The van der Waals surface area contributed by atoms with Gasteiger partial charge in [0.25, 0.3) is 0 Å². The van der Waals surface area contributed by atoms with Crippen molar-refractivity contribution in [3.63, 3.8) is 0 Å². The van der Waals surface area contributed by atoms with Gasteiger partial charge in [-0.25, -0.2) is 0 Å². The van der Waals surface area contributed by atoms with Gasteiger partial charge in [0.05, 0.1) is 46.2 Å². The van der Waals surface area contributed by atoms with Crippen molar-refractivity contribution in [3.8, 4) is 0 Å². The van der Waals surface area contributed by atoms with Crippen molar-refractivity contribution in [3.05, 3.63) is 0 Å². The molecule has 3 heterocycles. The molecular formula is C17H30O6S. The zero-order chi connectivity index (χ0) is 16.7. The Balaban J connectivity index is 1.40. The Labute approximate surface area is 149 Å². The molecule has 0 spiro atoms. The number of rotatable bonds is 16. The molecule has 140 valence electrons. The average Bonchev–Trinajstić information content (AvgIpc) is 3.43. The molecule has 3 atom stereocenters. The first-order valence-electron chi connectivity index (χ1n) is 8.99. The molecule has 0 saturated carbocycles. The molecule has 0 bridgehead atoms. The first-order chi connectivity index (χ1) is 11.8. The van der Waals surface area contributed by atoms with Crippen LogP contribution >= 0.6 is 12.6 Å². The highest BCUT2D eigenvalue weighted by molar-refractivity contribution is 7.80. The average molecular weight is 362 g/mol. The molecule has 0 radical (unpaired) electrons. The van der Waals surface area contributed by atoms with E-state index in [1.807, 2.05) is 0 Å². The lowest BCUT2D eigenvalue weighted by atomic mass is 9.79. The zero-order valence-corrected chi connectivity index (χ0v) is 15.2. The Morgan fingerprint density at radius 2 is 1.21 bits per heavy atom. The summed E-state index contributed by atoms with van der Waals surface area (Å²) in [5, 5.41) is 0. The van der Waals surface area contributed by atoms with Crippen LogP contribution in [0.4, 0.5) is 0 Å². The minimum atomic E-state index is 0.0471. The zero-order valence-electron chi connectivity index (χ0n) is 14.3. The summed E-state index contributed by atoms with van der Waals surface area (Å²) in [6, 6.07) is 0. The van der Waals surface area contributed by atoms with Crippen molar-refractivity contribution in [1.29, 1.82) is 0 Å². The van der Waals surface area contributed by atoms with Crippen molar-refractivity contribution in [2.75, 3.05) is 65.2 Å². The molecule has 3 saturated heterocycles. The second kappa shape index (κ2) is 9.71. The third-order valence-electron chi connectivity index (χ3n) is 4.72. The van der Waals surface area contributed by atoms with Gasteiger partial charge in [0, 0.05) is 13.2 Å². The molecule has 0 N–H and O–H groups in total. The maximum absolute atomic E-state index is 5.94. The fourth-order valence-corrected chi connectivity index (χ4v) is 3.21. The molecule has 3 rings (SSSR count). The first-order valence-corrected chi connectivity index (χ1v) is 9.62. The van der Waals surface area contributed by atoms with Gasteiger partial charge in [0.15, 0.2) is 0 Å². The smallest absolute Gasteiger partial charge is 0.104 e. The summed E-state index contributed by atoms with van der Waals surface area (Å²) < 4.78 is 33.1.